The first-order valence-corrected chi connectivity index (χ1v) is 20.8. The van der Waals surface area contributed by atoms with Gasteiger partial charge in [-0.2, -0.15) is 0 Å². The molecule has 0 spiro atoms. The van der Waals surface area contributed by atoms with Crippen molar-refractivity contribution in [2.45, 2.75) is 103 Å². The summed E-state index contributed by atoms with van der Waals surface area (Å²) in [7, 11) is 2.43. The molecule has 4 atom stereocenters. The number of benzene rings is 4. The second kappa shape index (κ2) is 25.8. The monoisotopic (exact) mass is 934 g/mol. The van der Waals surface area contributed by atoms with Gasteiger partial charge in [0.1, 0.15) is 58.4 Å². The van der Waals surface area contributed by atoms with E-state index in [1.807, 2.05) is 0 Å². The Kier molecular flexibility index (Phi) is 21.4. The molecule has 0 unspecified atom stereocenters. The van der Waals surface area contributed by atoms with Crippen LogP contribution >= 0.6 is 0 Å². The zero-order chi connectivity index (χ0) is 49.2. The zero-order valence-electron chi connectivity index (χ0n) is 38.7. The van der Waals surface area contributed by atoms with E-state index >= 15 is 0 Å². The molecule has 0 heterocycles. The van der Waals surface area contributed by atoms with E-state index in [4.69, 9.17) is 18.9 Å². The number of aromatic hydroxyl groups is 4. The van der Waals surface area contributed by atoms with Crippen LogP contribution in [-0.2, 0) is 63.8 Å². The minimum Gasteiger partial charge on any atom is -0.508 e. The molecule has 0 saturated heterocycles. The fraction of sp³-hybridized carbons (Fsp3) is 0.375. The van der Waals surface area contributed by atoms with E-state index < -0.39 is 71.3 Å². The molecule has 19 heteroatoms. The predicted octanol–water partition coefficient (Wildman–Crippen LogP) is 4.04. The molecule has 10 N–H and O–H groups in total. The number of rotatable bonds is 16. The SMILES string of the molecule is COC(=O)[C@H](Cc1ccc(O)cc1)NC(=O)[C@H](Cc1ccc(O)cc1)NC(=O)OC(C)(C)C.COC(=O)[C@H](Cc1ccc(O)cc1)NC(=O)[C@H](Cc1ccc(O)cc1)NC(=O)OC(C)(C)C.O. The van der Waals surface area contributed by atoms with Gasteiger partial charge in [-0.25, -0.2) is 19.2 Å². The van der Waals surface area contributed by atoms with Gasteiger partial charge < -0.3 is 66.1 Å². The van der Waals surface area contributed by atoms with Crippen LogP contribution in [0.5, 0.6) is 23.0 Å². The number of esters is 2. The quantitative estimate of drug-likeness (QED) is 0.0581. The summed E-state index contributed by atoms with van der Waals surface area (Å²) >= 11 is 0. The van der Waals surface area contributed by atoms with Crippen LogP contribution in [0.15, 0.2) is 97.1 Å². The summed E-state index contributed by atoms with van der Waals surface area (Å²) < 4.78 is 20.2. The second-order valence-electron chi connectivity index (χ2n) is 17.0. The Hall–Kier alpha value is -7.54. The number of methoxy groups -OCH3 is 2. The standard InChI is InChI=1S/2C24H30N2O7.H2O/c2*1-24(2,3)33-23(31)26-19(13-15-5-9-17(27)10-6-15)21(29)25-20(22(30)32-4)14-16-7-11-18(28)12-8-16;/h2*5-12,19-20,27-28H,13-14H2,1-4H3,(H,25,29)(H,26,31);1H2/t2*19-,20-;/m00./s1. The lowest BCUT2D eigenvalue weighted by atomic mass is 10.0. The number of amides is 4. The highest BCUT2D eigenvalue weighted by atomic mass is 16.6. The van der Waals surface area contributed by atoms with Gasteiger partial charge in [0.05, 0.1) is 14.2 Å². The largest absolute Gasteiger partial charge is 0.508 e. The summed E-state index contributed by atoms with van der Waals surface area (Å²) in [6, 6.07) is 20.7. The summed E-state index contributed by atoms with van der Waals surface area (Å²) in [5.41, 5.74) is 1.21. The highest BCUT2D eigenvalue weighted by Gasteiger charge is 2.31. The summed E-state index contributed by atoms with van der Waals surface area (Å²) in [5.74, 6) is -2.24. The van der Waals surface area contributed by atoms with Crippen molar-refractivity contribution in [3.8, 4) is 23.0 Å². The van der Waals surface area contributed by atoms with Crippen LogP contribution in [0, 0.1) is 0 Å². The second-order valence-corrected chi connectivity index (χ2v) is 17.0. The van der Waals surface area contributed by atoms with E-state index in [0.29, 0.717) is 22.3 Å². The molecule has 4 aromatic carbocycles. The Morgan fingerprint density at radius 2 is 0.642 bits per heavy atom. The minimum atomic E-state index is -1.06. The summed E-state index contributed by atoms with van der Waals surface area (Å²) in [4.78, 5) is 75.6. The summed E-state index contributed by atoms with van der Waals surface area (Å²) in [6.07, 6.45) is -1.13. The number of phenolic OH excluding ortho intramolecular Hbond substituents is 4. The Labute approximate surface area is 389 Å². The number of ether oxygens (including phenoxy) is 4. The van der Waals surface area contributed by atoms with Crippen molar-refractivity contribution >= 4 is 35.9 Å². The van der Waals surface area contributed by atoms with Crippen molar-refractivity contribution in [3.05, 3.63) is 119 Å². The van der Waals surface area contributed by atoms with Crippen LogP contribution < -0.4 is 21.3 Å². The van der Waals surface area contributed by atoms with Gasteiger partial charge >= 0.3 is 24.1 Å². The fourth-order valence-corrected chi connectivity index (χ4v) is 6.00. The molecule has 0 radical (unpaired) electrons. The number of carbonyl (C=O) groups is 6. The third-order valence-corrected chi connectivity index (χ3v) is 9.12. The molecular formula is C48H62N4O15. The first-order chi connectivity index (χ1) is 30.9. The van der Waals surface area contributed by atoms with Gasteiger partial charge in [-0.15, -0.1) is 0 Å². The Morgan fingerprint density at radius 3 is 0.851 bits per heavy atom. The highest BCUT2D eigenvalue weighted by molar-refractivity contribution is 5.91. The highest BCUT2D eigenvalue weighted by Crippen LogP contribution is 2.17. The number of phenols is 4. The zero-order valence-corrected chi connectivity index (χ0v) is 38.7. The number of alkyl carbamates (subject to hydrolysis) is 2. The summed E-state index contributed by atoms with van der Waals surface area (Å²) in [6.45, 7) is 10.2. The maximum atomic E-state index is 13.1. The maximum absolute atomic E-state index is 13.1. The topological polar surface area (TPSA) is 300 Å². The van der Waals surface area contributed by atoms with Crippen LogP contribution in [0.25, 0.3) is 0 Å². The van der Waals surface area contributed by atoms with Crippen molar-refractivity contribution in [1.29, 1.82) is 0 Å². The van der Waals surface area contributed by atoms with Gasteiger partial charge in [0, 0.05) is 25.7 Å². The van der Waals surface area contributed by atoms with Gasteiger partial charge in [-0.1, -0.05) is 48.5 Å². The molecule has 4 rings (SSSR count). The molecule has 4 amide bonds. The first kappa shape index (κ1) is 55.6. The average Bonchev–Trinajstić information content (AvgIpc) is 3.24. The van der Waals surface area contributed by atoms with Crippen LogP contribution in [0.4, 0.5) is 9.59 Å². The molecule has 0 saturated carbocycles. The van der Waals surface area contributed by atoms with Crippen molar-refractivity contribution < 1.29 is 73.6 Å². The molecule has 0 aromatic heterocycles. The molecule has 0 aliphatic rings. The van der Waals surface area contributed by atoms with Gasteiger partial charge in [0.15, 0.2) is 0 Å². The first-order valence-electron chi connectivity index (χ1n) is 20.8. The maximum Gasteiger partial charge on any atom is 0.408 e. The molecule has 0 bridgehead atoms. The van der Waals surface area contributed by atoms with E-state index in [-0.39, 0.29) is 54.2 Å². The third-order valence-electron chi connectivity index (χ3n) is 9.12. The lowest BCUT2D eigenvalue weighted by Crippen LogP contribution is -2.53. The lowest BCUT2D eigenvalue weighted by Gasteiger charge is -2.25. The lowest BCUT2D eigenvalue weighted by molar-refractivity contribution is -0.145. The van der Waals surface area contributed by atoms with E-state index in [9.17, 15) is 49.2 Å². The molecule has 0 aliphatic carbocycles. The Bertz CT molecular complexity index is 2060. The minimum absolute atomic E-state index is 0. The fourth-order valence-electron chi connectivity index (χ4n) is 6.00. The van der Waals surface area contributed by atoms with E-state index in [0.717, 1.165) is 0 Å². The number of hydrogen-bond donors (Lipinski definition) is 8. The molecule has 4 aromatic rings. The molecule has 0 fully saturated rings. The average molecular weight is 935 g/mol. The third kappa shape index (κ3) is 20.9. The molecule has 19 nitrogen and oxygen atoms in total. The summed E-state index contributed by atoms with van der Waals surface area (Å²) in [5, 5.41) is 48.3. The van der Waals surface area contributed by atoms with Crippen molar-refractivity contribution in [2.75, 3.05) is 14.2 Å². The van der Waals surface area contributed by atoms with Crippen LogP contribution in [0.2, 0.25) is 0 Å². The molecular weight excluding hydrogens is 873 g/mol. The molecule has 0 aliphatic heterocycles. The molecule has 364 valence electrons. The normalized spacial score (nSPS) is 12.7. The Balaban J connectivity index is 0.000000453. The van der Waals surface area contributed by atoms with Gasteiger partial charge in [-0.05, 0) is 112 Å². The van der Waals surface area contributed by atoms with Gasteiger partial charge in [0.2, 0.25) is 11.8 Å². The van der Waals surface area contributed by atoms with Crippen molar-refractivity contribution in [1.82, 2.24) is 21.3 Å². The van der Waals surface area contributed by atoms with E-state index in [1.165, 1.54) is 62.8 Å². The van der Waals surface area contributed by atoms with Crippen LogP contribution in [0.1, 0.15) is 63.8 Å². The molecule has 67 heavy (non-hydrogen) atoms. The number of nitrogens with one attached hydrogen (secondary N) is 4. The Morgan fingerprint density at radius 1 is 0.418 bits per heavy atom. The smallest absolute Gasteiger partial charge is 0.408 e. The van der Waals surface area contributed by atoms with Crippen molar-refractivity contribution in [3.63, 3.8) is 0 Å². The predicted molar refractivity (Wildman–Crippen MR) is 245 cm³/mol. The van der Waals surface area contributed by atoms with E-state index in [2.05, 4.69) is 21.3 Å². The van der Waals surface area contributed by atoms with Crippen LogP contribution in [-0.4, -0.2) is 111 Å². The number of carbonyl (C=O) groups excluding carboxylic acids is 6. The number of hydrogen-bond acceptors (Lipinski definition) is 14. The van der Waals surface area contributed by atoms with E-state index in [1.54, 1.807) is 90.1 Å². The van der Waals surface area contributed by atoms with Gasteiger partial charge in [0.25, 0.3) is 0 Å². The van der Waals surface area contributed by atoms with Gasteiger partial charge in [-0.3, -0.25) is 9.59 Å². The van der Waals surface area contributed by atoms with Crippen molar-refractivity contribution in [2.24, 2.45) is 0 Å². The van der Waals surface area contributed by atoms with Crippen LogP contribution in [0.3, 0.4) is 0 Å².